The molecular formula is C24H21NO3. The molecule has 1 aliphatic carbocycles. The van der Waals surface area contributed by atoms with Gasteiger partial charge in [-0.25, -0.2) is 0 Å². The van der Waals surface area contributed by atoms with Crippen LogP contribution in [-0.2, 0) is 13.0 Å². The highest BCUT2D eigenvalue weighted by atomic mass is 16.5. The molecule has 4 heteroatoms. The number of Topliss-reactive ketones (excluding diaryl/α,β-unsaturated/α-hetero) is 1. The maximum Gasteiger partial charge on any atom is 0.189 e. The summed E-state index contributed by atoms with van der Waals surface area (Å²) in [5.74, 6) is 1.60. The van der Waals surface area contributed by atoms with E-state index in [1.807, 2.05) is 66.7 Å². The van der Waals surface area contributed by atoms with Crippen molar-refractivity contribution in [3.63, 3.8) is 0 Å². The Hall–Kier alpha value is -3.40. The highest BCUT2D eigenvalue weighted by Gasteiger charge is 2.22. The zero-order valence-electron chi connectivity index (χ0n) is 15.7. The first-order valence-corrected chi connectivity index (χ1v) is 9.28. The van der Waals surface area contributed by atoms with Gasteiger partial charge in [0.25, 0.3) is 0 Å². The molecule has 1 aliphatic rings. The van der Waals surface area contributed by atoms with Crippen molar-refractivity contribution in [2.24, 2.45) is 0 Å². The molecule has 0 radical (unpaired) electrons. The van der Waals surface area contributed by atoms with Crippen molar-refractivity contribution in [3.05, 3.63) is 94.8 Å². The fraction of sp³-hybridized carbons (Fsp3) is 0.167. The number of hydrogen-bond acceptors (Lipinski definition) is 4. The normalized spacial score (nSPS) is 14.6. The molecule has 3 aromatic rings. The molecule has 4 nitrogen and oxygen atoms in total. The average molecular weight is 371 g/mol. The maximum atomic E-state index is 13.0. The highest BCUT2D eigenvalue weighted by Crippen LogP contribution is 2.31. The fourth-order valence-corrected chi connectivity index (χ4v) is 3.37. The number of ether oxygens (including phenoxy) is 2. The van der Waals surface area contributed by atoms with E-state index in [1.165, 1.54) is 0 Å². The number of nitrogens with zero attached hydrogens (tertiary/aromatic N) is 1. The molecule has 140 valence electrons. The Kier molecular flexibility index (Phi) is 5.20. The number of benzene rings is 2. The van der Waals surface area contributed by atoms with Crippen LogP contribution in [0.3, 0.4) is 0 Å². The second kappa shape index (κ2) is 8.09. The van der Waals surface area contributed by atoms with E-state index >= 15 is 0 Å². The Labute approximate surface area is 164 Å². The van der Waals surface area contributed by atoms with E-state index < -0.39 is 0 Å². The van der Waals surface area contributed by atoms with Crippen LogP contribution in [0.1, 0.15) is 33.6 Å². The summed E-state index contributed by atoms with van der Waals surface area (Å²) in [5, 5.41) is 0. The minimum Gasteiger partial charge on any atom is -0.497 e. The summed E-state index contributed by atoms with van der Waals surface area (Å²) < 4.78 is 11.2. The number of carbonyl (C=O) groups excluding carboxylic acids is 1. The monoisotopic (exact) mass is 371 g/mol. The van der Waals surface area contributed by atoms with Crippen LogP contribution < -0.4 is 9.47 Å². The third-order valence-electron chi connectivity index (χ3n) is 4.86. The molecule has 0 N–H and O–H groups in total. The van der Waals surface area contributed by atoms with Gasteiger partial charge in [0.15, 0.2) is 5.78 Å². The van der Waals surface area contributed by atoms with Gasteiger partial charge < -0.3 is 9.47 Å². The first-order valence-electron chi connectivity index (χ1n) is 9.28. The van der Waals surface area contributed by atoms with Crippen LogP contribution in [0, 0.1) is 0 Å². The Morgan fingerprint density at radius 2 is 1.89 bits per heavy atom. The lowest BCUT2D eigenvalue weighted by Gasteiger charge is -2.18. The van der Waals surface area contributed by atoms with Crippen LogP contribution in [0.5, 0.6) is 11.5 Å². The number of hydrogen-bond donors (Lipinski definition) is 0. The van der Waals surface area contributed by atoms with E-state index in [2.05, 4.69) is 4.98 Å². The molecule has 0 fully saturated rings. The molecule has 0 saturated carbocycles. The third-order valence-corrected chi connectivity index (χ3v) is 4.86. The van der Waals surface area contributed by atoms with Crippen LogP contribution in [0.25, 0.3) is 6.08 Å². The van der Waals surface area contributed by atoms with Crippen molar-refractivity contribution < 1.29 is 14.3 Å². The molecule has 0 amide bonds. The SMILES string of the molecule is COc1ccc2c(c1)CC/C(=C\c1ccccc1OCc1ccccn1)C2=O. The molecule has 0 bridgehead atoms. The van der Waals surface area contributed by atoms with Crippen molar-refractivity contribution in [2.75, 3.05) is 7.11 Å². The summed E-state index contributed by atoms with van der Waals surface area (Å²) >= 11 is 0. The summed E-state index contributed by atoms with van der Waals surface area (Å²) in [4.78, 5) is 17.2. The molecule has 28 heavy (non-hydrogen) atoms. The van der Waals surface area contributed by atoms with Gasteiger partial charge in [0.1, 0.15) is 18.1 Å². The minimum atomic E-state index is 0.0726. The van der Waals surface area contributed by atoms with Crippen LogP contribution in [0.4, 0.5) is 0 Å². The topological polar surface area (TPSA) is 48.4 Å². The number of ketones is 1. The number of fused-ring (bicyclic) bond motifs is 1. The smallest absolute Gasteiger partial charge is 0.189 e. The van der Waals surface area contributed by atoms with Crippen molar-refractivity contribution >= 4 is 11.9 Å². The van der Waals surface area contributed by atoms with Crippen LogP contribution >= 0.6 is 0 Å². The predicted molar refractivity (Wildman–Crippen MR) is 109 cm³/mol. The number of carbonyl (C=O) groups is 1. The molecule has 1 heterocycles. The second-order valence-corrected chi connectivity index (χ2v) is 6.67. The van der Waals surface area contributed by atoms with Crippen LogP contribution in [0.15, 0.2) is 72.4 Å². The van der Waals surface area contributed by atoms with E-state index in [9.17, 15) is 4.79 Å². The molecule has 0 unspecified atom stereocenters. The first kappa shape index (κ1) is 18.0. The highest BCUT2D eigenvalue weighted by molar-refractivity contribution is 6.13. The molecule has 0 aliphatic heterocycles. The van der Waals surface area contributed by atoms with Crippen molar-refractivity contribution in [1.82, 2.24) is 4.98 Å². The lowest BCUT2D eigenvalue weighted by molar-refractivity contribution is 0.102. The predicted octanol–water partition coefficient (Wildman–Crippen LogP) is 4.88. The Bertz CT molecular complexity index is 1030. The standard InChI is InChI=1S/C24H21NO3/c1-27-21-11-12-22-17(15-21)9-10-19(24(22)26)14-18-6-2-3-8-23(18)28-16-20-7-4-5-13-25-20/h2-8,11-15H,9-10,16H2,1H3/b19-14+. The third kappa shape index (κ3) is 3.81. The van der Waals surface area contributed by atoms with Gasteiger partial charge in [0, 0.05) is 22.9 Å². The van der Waals surface area contributed by atoms with Gasteiger partial charge in [0.2, 0.25) is 0 Å². The molecule has 0 saturated heterocycles. The number of aromatic nitrogens is 1. The summed E-state index contributed by atoms with van der Waals surface area (Å²) in [5.41, 5.74) is 4.36. The number of allylic oxidation sites excluding steroid dienone is 1. The molecular weight excluding hydrogens is 350 g/mol. The van der Waals surface area contributed by atoms with Gasteiger partial charge >= 0.3 is 0 Å². The summed E-state index contributed by atoms with van der Waals surface area (Å²) in [6.07, 6.45) is 5.22. The van der Waals surface area contributed by atoms with E-state index in [0.717, 1.165) is 45.9 Å². The fourth-order valence-electron chi connectivity index (χ4n) is 3.37. The average Bonchev–Trinajstić information content (AvgIpc) is 2.75. The molecule has 1 aromatic heterocycles. The van der Waals surface area contributed by atoms with Gasteiger partial charge in [-0.1, -0.05) is 24.3 Å². The number of aryl methyl sites for hydroxylation is 1. The van der Waals surface area contributed by atoms with Gasteiger partial charge in [-0.05, 0) is 60.9 Å². The molecule has 0 atom stereocenters. The van der Waals surface area contributed by atoms with E-state index in [0.29, 0.717) is 13.0 Å². The quantitative estimate of drug-likeness (QED) is 0.600. The maximum absolute atomic E-state index is 13.0. The van der Waals surface area contributed by atoms with Gasteiger partial charge in [-0.15, -0.1) is 0 Å². The zero-order chi connectivity index (χ0) is 19.3. The second-order valence-electron chi connectivity index (χ2n) is 6.67. The largest absolute Gasteiger partial charge is 0.497 e. The van der Waals surface area contributed by atoms with E-state index in [4.69, 9.17) is 9.47 Å². The minimum absolute atomic E-state index is 0.0726. The van der Waals surface area contributed by atoms with E-state index in [-0.39, 0.29) is 5.78 Å². The number of methoxy groups -OCH3 is 1. The summed E-state index contributed by atoms with van der Waals surface area (Å²) in [7, 11) is 1.64. The summed E-state index contributed by atoms with van der Waals surface area (Å²) in [6.45, 7) is 0.387. The number of pyridine rings is 1. The Morgan fingerprint density at radius 1 is 1.04 bits per heavy atom. The van der Waals surface area contributed by atoms with Crippen molar-refractivity contribution in [3.8, 4) is 11.5 Å². The first-order chi connectivity index (χ1) is 13.7. The van der Waals surface area contributed by atoms with Gasteiger partial charge in [-0.2, -0.15) is 0 Å². The molecule has 0 spiro atoms. The van der Waals surface area contributed by atoms with Gasteiger partial charge in [0.05, 0.1) is 12.8 Å². The lowest BCUT2D eigenvalue weighted by atomic mass is 9.86. The zero-order valence-corrected chi connectivity index (χ0v) is 15.7. The Morgan fingerprint density at radius 3 is 2.71 bits per heavy atom. The van der Waals surface area contributed by atoms with Crippen molar-refractivity contribution in [1.29, 1.82) is 0 Å². The summed E-state index contributed by atoms with van der Waals surface area (Å²) in [6, 6.07) is 19.2. The van der Waals surface area contributed by atoms with Crippen LogP contribution in [-0.4, -0.2) is 17.9 Å². The van der Waals surface area contributed by atoms with Crippen LogP contribution in [0.2, 0.25) is 0 Å². The molecule has 4 rings (SSSR count). The lowest BCUT2D eigenvalue weighted by Crippen LogP contribution is -2.14. The number of rotatable bonds is 5. The van der Waals surface area contributed by atoms with E-state index in [1.54, 1.807) is 13.3 Å². The van der Waals surface area contributed by atoms with Gasteiger partial charge in [-0.3, -0.25) is 9.78 Å². The Balaban J connectivity index is 1.58. The van der Waals surface area contributed by atoms with Crippen molar-refractivity contribution in [2.45, 2.75) is 19.4 Å². The molecule has 2 aromatic carbocycles. The number of para-hydroxylation sites is 1.